The van der Waals surface area contributed by atoms with Crippen molar-refractivity contribution in [2.75, 3.05) is 7.11 Å². The molecule has 0 aliphatic carbocycles. The second kappa shape index (κ2) is 5.94. The van der Waals surface area contributed by atoms with Crippen LogP contribution >= 0.6 is 0 Å². The summed E-state index contributed by atoms with van der Waals surface area (Å²) in [6, 6.07) is 1.25. The fraction of sp³-hybridized carbons (Fsp3) is 0.143. The van der Waals surface area contributed by atoms with Gasteiger partial charge in [-0.1, -0.05) is 0 Å². The number of ether oxygens (including phenoxy) is 1. The molecule has 0 bridgehead atoms. The van der Waals surface area contributed by atoms with Crippen LogP contribution in [-0.2, 0) is 0 Å². The normalized spacial score (nSPS) is 10.7. The average Bonchev–Trinajstić information content (AvgIpc) is 2.49. The molecule has 0 unspecified atom stereocenters. The molecule has 115 valence electrons. The number of benzene rings is 2. The Labute approximate surface area is 122 Å². The van der Waals surface area contributed by atoms with Crippen LogP contribution in [0.4, 0.5) is 26.3 Å². The van der Waals surface area contributed by atoms with Crippen LogP contribution in [0.1, 0.15) is 5.56 Å². The monoisotopic (exact) mass is 317 g/mol. The van der Waals surface area contributed by atoms with Gasteiger partial charge in [-0.15, -0.1) is 0 Å². The summed E-state index contributed by atoms with van der Waals surface area (Å²) in [5.74, 6) is -9.09. The molecule has 1 radical (unpaired) electrons. The number of methoxy groups -OCH3 is 1. The lowest BCUT2D eigenvalue weighted by atomic mass is 9.63. The largest absolute Gasteiger partial charge is 0.494 e. The lowest BCUT2D eigenvalue weighted by molar-refractivity contribution is 0.385. The lowest BCUT2D eigenvalue weighted by Crippen LogP contribution is -2.36. The molecule has 2 rings (SSSR count). The second-order valence-electron chi connectivity index (χ2n) is 4.45. The molecule has 0 N–H and O–H groups in total. The maximum Gasteiger partial charge on any atom is 0.203 e. The van der Waals surface area contributed by atoms with Crippen molar-refractivity contribution in [3.63, 3.8) is 0 Å². The van der Waals surface area contributed by atoms with Crippen molar-refractivity contribution in [3.8, 4) is 5.75 Å². The van der Waals surface area contributed by atoms with Gasteiger partial charge in [0.1, 0.15) is 5.82 Å². The molecule has 0 aromatic heterocycles. The number of hydrogen-bond donors (Lipinski definition) is 0. The summed E-state index contributed by atoms with van der Waals surface area (Å²) >= 11 is 0. The Morgan fingerprint density at radius 3 is 1.86 bits per heavy atom. The van der Waals surface area contributed by atoms with Crippen LogP contribution in [0.3, 0.4) is 0 Å². The highest BCUT2D eigenvalue weighted by atomic mass is 19.2. The van der Waals surface area contributed by atoms with Gasteiger partial charge in [0.05, 0.1) is 7.11 Å². The molecule has 0 spiro atoms. The maximum absolute atomic E-state index is 13.7. The molecule has 8 heteroatoms. The van der Waals surface area contributed by atoms with E-state index < -0.39 is 51.4 Å². The third-order valence-electron chi connectivity index (χ3n) is 3.09. The van der Waals surface area contributed by atoms with Crippen LogP contribution in [0, 0.1) is 41.8 Å². The fourth-order valence-corrected chi connectivity index (χ4v) is 1.85. The minimum atomic E-state index is -1.67. The minimum Gasteiger partial charge on any atom is -0.494 e. The van der Waals surface area contributed by atoms with E-state index in [0.717, 1.165) is 20.1 Å². The van der Waals surface area contributed by atoms with Crippen molar-refractivity contribution in [1.29, 1.82) is 0 Å². The third-order valence-corrected chi connectivity index (χ3v) is 3.09. The van der Waals surface area contributed by atoms with Gasteiger partial charge in [-0.05, 0) is 23.9 Å². The molecule has 0 fully saturated rings. The topological polar surface area (TPSA) is 9.23 Å². The maximum atomic E-state index is 13.7. The Hall–Kier alpha value is -2.12. The van der Waals surface area contributed by atoms with Crippen LogP contribution < -0.4 is 15.7 Å². The quantitative estimate of drug-likeness (QED) is 0.480. The van der Waals surface area contributed by atoms with E-state index in [0.29, 0.717) is 13.3 Å². The molecule has 1 nitrogen and oxygen atoms in total. The lowest BCUT2D eigenvalue weighted by Gasteiger charge is -2.11. The Balaban J connectivity index is 2.57. The standard InChI is InChI=1S/C14H8BF6O/c1-5-11(18)13(20)10(14(21)12(5)19)15-6-3-9(22-2)8(17)4-7(6)16/h3-4H,1-2H3. The number of halogens is 6. The predicted octanol–water partition coefficient (Wildman–Crippen LogP) is 2.49. The highest BCUT2D eigenvalue weighted by molar-refractivity contribution is 6.67. The highest BCUT2D eigenvalue weighted by Crippen LogP contribution is 2.18. The summed E-state index contributed by atoms with van der Waals surface area (Å²) in [7, 11) is 1.64. The Morgan fingerprint density at radius 2 is 1.36 bits per heavy atom. The van der Waals surface area contributed by atoms with Crippen LogP contribution in [0.5, 0.6) is 5.75 Å². The van der Waals surface area contributed by atoms with Crippen LogP contribution in [-0.4, -0.2) is 14.4 Å². The van der Waals surface area contributed by atoms with Gasteiger partial charge in [0.2, 0.25) is 7.28 Å². The molecular weight excluding hydrogens is 309 g/mol. The van der Waals surface area contributed by atoms with E-state index in [9.17, 15) is 26.3 Å². The fourth-order valence-electron chi connectivity index (χ4n) is 1.85. The summed E-state index contributed by atoms with van der Waals surface area (Å²) in [5.41, 5.74) is -2.42. The Bertz CT molecular complexity index is 718. The van der Waals surface area contributed by atoms with Crippen molar-refractivity contribution in [2.24, 2.45) is 0 Å². The van der Waals surface area contributed by atoms with Crippen LogP contribution in [0.25, 0.3) is 0 Å². The molecule has 0 saturated heterocycles. The second-order valence-corrected chi connectivity index (χ2v) is 4.45. The van der Waals surface area contributed by atoms with E-state index in [2.05, 4.69) is 4.74 Å². The van der Waals surface area contributed by atoms with Crippen molar-refractivity contribution in [3.05, 3.63) is 52.6 Å². The van der Waals surface area contributed by atoms with Crippen molar-refractivity contribution in [2.45, 2.75) is 6.92 Å². The van der Waals surface area contributed by atoms with Crippen molar-refractivity contribution >= 4 is 18.2 Å². The molecule has 0 atom stereocenters. The minimum absolute atomic E-state index is 0.387. The van der Waals surface area contributed by atoms with Crippen LogP contribution in [0.15, 0.2) is 12.1 Å². The molecule has 0 aliphatic heterocycles. The first-order valence-corrected chi connectivity index (χ1v) is 5.98. The predicted molar refractivity (Wildman–Crippen MR) is 68.9 cm³/mol. The molecule has 22 heavy (non-hydrogen) atoms. The molecule has 2 aromatic carbocycles. The summed E-state index contributed by atoms with van der Waals surface area (Å²) < 4.78 is 85.9. The molecule has 0 saturated carbocycles. The third kappa shape index (κ3) is 2.65. The van der Waals surface area contributed by atoms with Gasteiger partial charge in [-0.3, -0.25) is 0 Å². The summed E-state index contributed by atoms with van der Waals surface area (Å²) in [6.07, 6.45) is 0. The zero-order valence-electron chi connectivity index (χ0n) is 11.4. The van der Waals surface area contributed by atoms with E-state index in [4.69, 9.17) is 0 Å². The van der Waals surface area contributed by atoms with Gasteiger partial charge in [-0.2, -0.15) is 0 Å². The number of hydrogen-bond acceptors (Lipinski definition) is 1. The Kier molecular flexibility index (Phi) is 4.39. The van der Waals surface area contributed by atoms with Crippen molar-refractivity contribution < 1.29 is 31.1 Å². The highest BCUT2D eigenvalue weighted by Gasteiger charge is 2.25. The van der Waals surface area contributed by atoms with Gasteiger partial charge in [0, 0.05) is 11.6 Å². The van der Waals surface area contributed by atoms with Gasteiger partial charge in [0.25, 0.3) is 0 Å². The summed E-state index contributed by atoms with van der Waals surface area (Å²) in [4.78, 5) is 0. The molecule has 0 aliphatic rings. The van der Waals surface area contributed by atoms with E-state index in [1.165, 1.54) is 0 Å². The van der Waals surface area contributed by atoms with Crippen LogP contribution in [0.2, 0.25) is 0 Å². The van der Waals surface area contributed by atoms with E-state index >= 15 is 0 Å². The zero-order valence-corrected chi connectivity index (χ0v) is 11.4. The first-order chi connectivity index (χ1) is 10.3. The first-order valence-electron chi connectivity index (χ1n) is 5.98. The van der Waals surface area contributed by atoms with Gasteiger partial charge >= 0.3 is 0 Å². The molecule has 0 amide bonds. The zero-order chi connectivity index (χ0) is 16.6. The average molecular weight is 317 g/mol. The van der Waals surface area contributed by atoms with E-state index in [-0.39, 0.29) is 5.75 Å². The van der Waals surface area contributed by atoms with Gasteiger partial charge < -0.3 is 4.74 Å². The van der Waals surface area contributed by atoms with Gasteiger partial charge in [0.15, 0.2) is 34.8 Å². The molecular formula is C14H8BF6O. The van der Waals surface area contributed by atoms with Gasteiger partial charge in [-0.25, -0.2) is 26.3 Å². The molecule has 2 aromatic rings. The number of rotatable bonds is 3. The SMILES string of the molecule is COc1cc([B]c2c(F)c(F)c(C)c(F)c2F)c(F)cc1F. The first kappa shape index (κ1) is 16.3. The Morgan fingerprint density at radius 1 is 0.818 bits per heavy atom. The van der Waals surface area contributed by atoms with Crippen molar-refractivity contribution in [1.82, 2.24) is 0 Å². The summed E-state index contributed by atoms with van der Waals surface area (Å²) in [6.45, 7) is 0.863. The van der Waals surface area contributed by atoms with E-state index in [1.54, 1.807) is 0 Å². The molecule has 0 heterocycles. The smallest absolute Gasteiger partial charge is 0.203 e. The van der Waals surface area contributed by atoms with E-state index in [1.807, 2.05) is 0 Å². The summed E-state index contributed by atoms with van der Waals surface area (Å²) in [5, 5.41) is 0.